The number of carboxylic acids is 1. The molecule has 0 aliphatic rings. The van der Waals surface area contributed by atoms with E-state index in [1.807, 2.05) is 109 Å². The third kappa shape index (κ3) is 22.0. The minimum absolute atomic E-state index is 0. The second kappa shape index (κ2) is 20.7. The fourth-order valence-electron chi connectivity index (χ4n) is 1.15. The Bertz CT molecular complexity index is 429. The minimum atomic E-state index is -1.23. The van der Waals surface area contributed by atoms with E-state index < -0.39 is 5.97 Å². The van der Waals surface area contributed by atoms with Gasteiger partial charge in [0.2, 0.25) is 0 Å². The Morgan fingerprint density at radius 1 is 0.542 bits per heavy atom. The van der Waals surface area contributed by atoms with Crippen molar-refractivity contribution in [1.82, 2.24) is 0 Å². The summed E-state index contributed by atoms with van der Waals surface area (Å²) in [5, 5.41) is 9.14. The molecule has 0 amide bonds. The molecule has 0 heterocycles. The molecule has 0 spiro atoms. The van der Waals surface area contributed by atoms with Crippen LogP contribution in [0, 0.1) is 0 Å². The molecule has 0 atom stereocenters. The van der Waals surface area contributed by atoms with Gasteiger partial charge >= 0.3 is 0 Å². The van der Waals surface area contributed by atoms with Gasteiger partial charge < -0.3 is 9.90 Å². The molecular formula is C21H21O2Sn-. The van der Waals surface area contributed by atoms with Crippen LogP contribution in [-0.4, -0.2) is 29.9 Å². The number of carbonyl (C=O) groups is 1. The van der Waals surface area contributed by atoms with E-state index in [1.165, 1.54) is 0 Å². The van der Waals surface area contributed by atoms with Gasteiger partial charge in [-0.15, -0.1) is 0 Å². The SMILES string of the molecule is C=CC(=O)[O-].[Sn].c1ccccc1.c1ccccc1.c1ccccc1. The van der Waals surface area contributed by atoms with Crippen LogP contribution in [0.4, 0.5) is 0 Å². The first-order valence-corrected chi connectivity index (χ1v) is 7.11. The molecule has 3 aromatic rings. The summed E-state index contributed by atoms with van der Waals surface area (Å²) in [6.45, 7) is 2.90. The fraction of sp³-hybridized carbons (Fsp3) is 0. The van der Waals surface area contributed by atoms with Crippen molar-refractivity contribution in [3.63, 3.8) is 0 Å². The predicted molar refractivity (Wildman–Crippen MR) is 100 cm³/mol. The molecule has 3 rings (SSSR count). The number of aliphatic carboxylic acids is 1. The van der Waals surface area contributed by atoms with Crippen molar-refractivity contribution in [1.29, 1.82) is 0 Å². The van der Waals surface area contributed by atoms with Crippen LogP contribution in [-0.2, 0) is 4.79 Å². The van der Waals surface area contributed by atoms with E-state index in [4.69, 9.17) is 9.90 Å². The quantitative estimate of drug-likeness (QED) is 0.443. The van der Waals surface area contributed by atoms with Gasteiger partial charge in [0.25, 0.3) is 0 Å². The van der Waals surface area contributed by atoms with Crippen molar-refractivity contribution in [2.45, 2.75) is 0 Å². The van der Waals surface area contributed by atoms with Gasteiger partial charge in [-0.2, -0.15) is 0 Å². The van der Waals surface area contributed by atoms with E-state index in [0.717, 1.165) is 6.08 Å². The average molecular weight is 424 g/mol. The Morgan fingerprint density at radius 3 is 0.667 bits per heavy atom. The van der Waals surface area contributed by atoms with E-state index >= 15 is 0 Å². The summed E-state index contributed by atoms with van der Waals surface area (Å²) in [5.74, 6) is -1.23. The normalized spacial score (nSPS) is 7.33. The van der Waals surface area contributed by atoms with Crippen LogP contribution in [0.3, 0.4) is 0 Å². The molecule has 0 fully saturated rings. The molecule has 24 heavy (non-hydrogen) atoms. The van der Waals surface area contributed by atoms with Gasteiger partial charge in [-0.1, -0.05) is 116 Å². The van der Waals surface area contributed by atoms with Crippen LogP contribution in [0.25, 0.3) is 0 Å². The molecule has 0 unspecified atom stereocenters. The molecule has 0 N–H and O–H groups in total. The van der Waals surface area contributed by atoms with Gasteiger partial charge in [0.1, 0.15) is 0 Å². The molecule has 0 saturated carbocycles. The number of benzene rings is 3. The van der Waals surface area contributed by atoms with Gasteiger partial charge in [0.05, 0.1) is 5.97 Å². The zero-order valence-corrected chi connectivity index (χ0v) is 16.3. The van der Waals surface area contributed by atoms with Crippen LogP contribution >= 0.6 is 0 Å². The van der Waals surface area contributed by atoms with E-state index in [2.05, 4.69) is 6.58 Å². The van der Waals surface area contributed by atoms with Crippen LogP contribution < -0.4 is 5.11 Å². The number of carbonyl (C=O) groups excluding carboxylic acids is 1. The molecule has 3 aromatic carbocycles. The minimum Gasteiger partial charge on any atom is -0.545 e. The van der Waals surface area contributed by atoms with Crippen molar-refractivity contribution in [2.24, 2.45) is 0 Å². The average Bonchev–Trinajstić information content (AvgIpc) is 2.67. The van der Waals surface area contributed by atoms with Gasteiger partial charge in [-0.05, 0) is 6.08 Å². The molecule has 0 aliphatic heterocycles. The first-order valence-electron chi connectivity index (χ1n) is 7.11. The van der Waals surface area contributed by atoms with Crippen molar-refractivity contribution in [2.75, 3.05) is 0 Å². The first-order chi connectivity index (χ1) is 11.3. The van der Waals surface area contributed by atoms with Crippen molar-refractivity contribution in [3.8, 4) is 0 Å². The summed E-state index contributed by atoms with van der Waals surface area (Å²) in [5.41, 5.74) is 0. The van der Waals surface area contributed by atoms with Gasteiger partial charge in [0, 0.05) is 23.9 Å². The van der Waals surface area contributed by atoms with Crippen molar-refractivity contribution in [3.05, 3.63) is 122 Å². The molecular weight excluding hydrogens is 403 g/mol. The molecule has 4 radical (unpaired) electrons. The van der Waals surface area contributed by atoms with E-state index in [0.29, 0.717) is 0 Å². The number of rotatable bonds is 1. The van der Waals surface area contributed by atoms with Crippen LogP contribution in [0.5, 0.6) is 0 Å². The van der Waals surface area contributed by atoms with Gasteiger partial charge in [-0.3, -0.25) is 0 Å². The maximum atomic E-state index is 9.14. The maximum Gasteiger partial charge on any atom is 0.0636 e. The third-order valence-corrected chi connectivity index (χ3v) is 2.17. The van der Waals surface area contributed by atoms with Crippen LogP contribution in [0.15, 0.2) is 122 Å². The maximum absolute atomic E-state index is 9.14. The molecule has 3 heteroatoms. The van der Waals surface area contributed by atoms with Crippen molar-refractivity contribution >= 4 is 29.9 Å². The van der Waals surface area contributed by atoms with Gasteiger partial charge in [0.15, 0.2) is 0 Å². The van der Waals surface area contributed by atoms with Crippen molar-refractivity contribution < 1.29 is 9.90 Å². The standard InChI is InChI=1S/3C6H6.C3H4O2.Sn/c3*1-2-4-6-5-3-1;1-2-3(4)5;/h3*1-6H;2H,1H2,(H,4,5);/p-1. The number of carboxylic acid groups (broad SMARTS) is 1. The Morgan fingerprint density at radius 2 is 0.625 bits per heavy atom. The molecule has 0 bridgehead atoms. The largest absolute Gasteiger partial charge is 0.545 e. The zero-order chi connectivity index (χ0) is 17.0. The van der Waals surface area contributed by atoms with E-state index in [9.17, 15) is 0 Å². The smallest absolute Gasteiger partial charge is 0.0636 e. The second-order valence-corrected chi connectivity index (χ2v) is 3.99. The summed E-state index contributed by atoms with van der Waals surface area (Å²) in [7, 11) is 0. The summed E-state index contributed by atoms with van der Waals surface area (Å²) in [6, 6.07) is 36.0. The number of hydrogen-bond acceptors (Lipinski definition) is 2. The summed E-state index contributed by atoms with van der Waals surface area (Å²) < 4.78 is 0. The van der Waals surface area contributed by atoms with Crippen LogP contribution in [0.2, 0.25) is 0 Å². The van der Waals surface area contributed by atoms with Gasteiger partial charge in [-0.25, -0.2) is 0 Å². The zero-order valence-electron chi connectivity index (χ0n) is 13.5. The van der Waals surface area contributed by atoms with E-state index in [1.54, 1.807) is 0 Å². The third-order valence-electron chi connectivity index (χ3n) is 2.17. The Kier molecular flexibility index (Phi) is 20.6. The molecule has 0 aliphatic carbocycles. The Balaban J connectivity index is 0. The predicted octanol–water partition coefficient (Wildman–Crippen LogP) is 3.60. The molecule has 0 saturated heterocycles. The summed E-state index contributed by atoms with van der Waals surface area (Å²) in [4.78, 5) is 9.14. The monoisotopic (exact) mass is 425 g/mol. The van der Waals surface area contributed by atoms with E-state index in [-0.39, 0.29) is 23.9 Å². The second-order valence-electron chi connectivity index (χ2n) is 3.99. The molecule has 2 nitrogen and oxygen atoms in total. The number of hydrogen-bond donors (Lipinski definition) is 0. The topological polar surface area (TPSA) is 40.1 Å². The summed E-state index contributed by atoms with van der Waals surface area (Å²) >= 11 is 0. The first kappa shape index (κ1) is 23.9. The Labute approximate surface area is 161 Å². The Hall–Kier alpha value is -2.33. The van der Waals surface area contributed by atoms with Crippen LogP contribution in [0.1, 0.15) is 0 Å². The summed E-state index contributed by atoms with van der Waals surface area (Å²) in [6.07, 6.45) is 0.722. The molecule has 0 aromatic heterocycles. The molecule has 122 valence electrons. The fourth-order valence-corrected chi connectivity index (χ4v) is 1.15.